The molecule has 0 saturated heterocycles. The van der Waals surface area contributed by atoms with Crippen molar-refractivity contribution in [1.82, 2.24) is 0 Å². The molecule has 0 aliphatic heterocycles. The average Bonchev–Trinajstić information content (AvgIpc) is 2.27. The molecule has 1 aromatic carbocycles. The van der Waals surface area contributed by atoms with Gasteiger partial charge in [-0.15, -0.1) is 12.3 Å². The van der Waals surface area contributed by atoms with Crippen molar-refractivity contribution in [1.29, 1.82) is 0 Å². The summed E-state index contributed by atoms with van der Waals surface area (Å²) < 4.78 is 0. The van der Waals surface area contributed by atoms with Crippen molar-refractivity contribution >= 4 is 46.4 Å². The third kappa shape index (κ3) is 3.46. The highest BCUT2D eigenvalue weighted by Crippen LogP contribution is 2.43. The van der Waals surface area contributed by atoms with Crippen LogP contribution in [0.15, 0.2) is 6.07 Å². The lowest BCUT2D eigenvalue weighted by atomic mass is 9.91. The third-order valence-electron chi connectivity index (χ3n) is 2.56. The van der Waals surface area contributed by atoms with Crippen molar-refractivity contribution < 1.29 is 0 Å². The molecular formula is C13H12Cl4. The first kappa shape index (κ1) is 15.0. The summed E-state index contributed by atoms with van der Waals surface area (Å²) >= 11 is 24.4. The molecule has 0 radical (unpaired) electrons. The number of benzene rings is 1. The number of halogens is 4. The maximum atomic E-state index is 6.19. The summed E-state index contributed by atoms with van der Waals surface area (Å²) in [6, 6.07) is 1.55. The van der Waals surface area contributed by atoms with E-state index in [2.05, 4.69) is 12.8 Å². The fourth-order valence-electron chi connectivity index (χ4n) is 1.79. The summed E-state index contributed by atoms with van der Waals surface area (Å²) in [5, 5.41) is 1.73. The van der Waals surface area contributed by atoms with Crippen LogP contribution in [-0.4, -0.2) is 0 Å². The standard InChI is InChI=1S/C13H12Cl4/c1-3-5-8(6-4-2)11-12(16)9(14)7-10(15)13(11)17/h1,7-8H,4-6H2,2H3. The van der Waals surface area contributed by atoms with Crippen molar-refractivity contribution in [2.75, 3.05) is 0 Å². The molecule has 0 heterocycles. The number of hydrogen-bond acceptors (Lipinski definition) is 0. The molecule has 17 heavy (non-hydrogen) atoms. The summed E-state index contributed by atoms with van der Waals surface area (Å²) in [5.41, 5.74) is 0.769. The topological polar surface area (TPSA) is 0 Å². The normalized spacial score (nSPS) is 12.2. The second kappa shape index (κ2) is 6.76. The Bertz CT molecular complexity index is 419. The van der Waals surface area contributed by atoms with Gasteiger partial charge in [0.15, 0.2) is 0 Å². The largest absolute Gasteiger partial charge is 0.120 e. The zero-order chi connectivity index (χ0) is 13.0. The van der Waals surface area contributed by atoms with Crippen LogP contribution in [0.4, 0.5) is 0 Å². The quantitative estimate of drug-likeness (QED) is 0.458. The highest BCUT2D eigenvalue weighted by molar-refractivity contribution is 6.48. The lowest BCUT2D eigenvalue weighted by Crippen LogP contribution is -2.01. The Morgan fingerprint density at radius 3 is 2.12 bits per heavy atom. The summed E-state index contributed by atoms with van der Waals surface area (Å²) in [6.07, 6.45) is 7.84. The molecule has 1 aromatic rings. The zero-order valence-electron chi connectivity index (χ0n) is 9.37. The van der Waals surface area contributed by atoms with E-state index >= 15 is 0 Å². The summed E-state index contributed by atoms with van der Waals surface area (Å²) in [5.74, 6) is 2.74. The molecule has 0 saturated carbocycles. The maximum Gasteiger partial charge on any atom is 0.0643 e. The van der Waals surface area contributed by atoms with Gasteiger partial charge in [0.1, 0.15) is 0 Å². The molecule has 0 aliphatic carbocycles. The Balaban J connectivity index is 3.31. The van der Waals surface area contributed by atoms with Crippen LogP contribution >= 0.6 is 46.4 Å². The van der Waals surface area contributed by atoms with Crippen LogP contribution in [0.2, 0.25) is 20.1 Å². The zero-order valence-corrected chi connectivity index (χ0v) is 12.4. The Morgan fingerprint density at radius 2 is 1.71 bits per heavy atom. The first-order valence-electron chi connectivity index (χ1n) is 5.29. The van der Waals surface area contributed by atoms with E-state index in [1.807, 2.05) is 0 Å². The van der Waals surface area contributed by atoms with E-state index in [-0.39, 0.29) is 5.92 Å². The molecule has 0 amide bonds. The van der Waals surface area contributed by atoms with Crippen molar-refractivity contribution in [2.45, 2.75) is 32.1 Å². The van der Waals surface area contributed by atoms with Crippen molar-refractivity contribution in [3.8, 4) is 12.3 Å². The van der Waals surface area contributed by atoms with Crippen LogP contribution in [0, 0.1) is 12.3 Å². The van der Waals surface area contributed by atoms with Gasteiger partial charge in [0.05, 0.1) is 20.1 Å². The van der Waals surface area contributed by atoms with Crippen LogP contribution in [0.25, 0.3) is 0 Å². The number of hydrogen-bond donors (Lipinski definition) is 0. The molecule has 4 heteroatoms. The molecule has 0 spiro atoms. The van der Waals surface area contributed by atoms with Gasteiger partial charge in [-0.3, -0.25) is 0 Å². The third-order valence-corrected chi connectivity index (χ3v) is 4.16. The molecule has 0 aliphatic rings. The fraction of sp³-hybridized carbons (Fsp3) is 0.385. The lowest BCUT2D eigenvalue weighted by molar-refractivity contribution is 0.629. The van der Waals surface area contributed by atoms with E-state index in [0.717, 1.165) is 18.4 Å². The SMILES string of the molecule is C#CCC(CCC)c1c(Cl)c(Cl)cc(Cl)c1Cl. The first-order chi connectivity index (χ1) is 8.02. The van der Waals surface area contributed by atoms with Crippen molar-refractivity contribution in [2.24, 2.45) is 0 Å². The van der Waals surface area contributed by atoms with E-state index in [9.17, 15) is 0 Å². The highest BCUT2D eigenvalue weighted by atomic mass is 35.5. The number of rotatable bonds is 4. The minimum absolute atomic E-state index is 0.0983. The summed E-state index contributed by atoms with van der Waals surface area (Å²) in [4.78, 5) is 0. The molecule has 1 unspecified atom stereocenters. The predicted octanol–water partition coefficient (Wildman–Crippen LogP) is 6.21. The molecule has 1 rings (SSSR count). The van der Waals surface area contributed by atoms with Crippen LogP contribution < -0.4 is 0 Å². The smallest absolute Gasteiger partial charge is 0.0643 e. The highest BCUT2D eigenvalue weighted by Gasteiger charge is 2.21. The van der Waals surface area contributed by atoms with Crippen LogP contribution in [0.3, 0.4) is 0 Å². The van der Waals surface area contributed by atoms with E-state index in [1.54, 1.807) is 6.07 Å². The summed E-state index contributed by atoms with van der Waals surface area (Å²) in [7, 11) is 0. The van der Waals surface area contributed by atoms with E-state index in [0.29, 0.717) is 26.5 Å². The van der Waals surface area contributed by atoms with Gasteiger partial charge in [-0.25, -0.2) is 0 Å². The van der Waals surface area contributed by atoms with Gasteiger partial charge in [-0.2, -0.15) is 0 Å². The second-order valence-corrected chi connectivity index (χ2v) is 5.35. The van der Waals surface area contributed by atoms with Gasteiger partial charge in [-0.1, -0.05) is 59.7 Å². The lowest BCUT2D eigenvalue weighted by Gasteiger charge is -2.18. The second-order valence-electron chi connectivity index (χ2n) is 3.78. The van der Waals surface area contributed by atoms with Gasteiger partial charge in [0, 0.05) is 6.42 Å². The summed E-state index contributed by atoms with van der Waals surface area (Å²) in [6.45, 7) is 2.08. The monoisotopic (exact) mass is 308 g/mol. The molecule has 0 nitrogen and oxygen atoms in total. The minimum atomic E-state index is 0.0983. The Hall–Kier alpha value is -0.0600. The fourth-order valence-corrected chi connectivity index (χ4v) is 2.92. The first-order valence-corrected chi connectivity index (χ1v) is 6.80. The van der Waals surface area contributed by atoms with Crippen LogP contribution in [0.1, 0.15) is 37.7 Å². The predicted molar refractivity (Wildman–Crippen MR) is 77.6 cm³/mol. The minimum Gasteiger partial charge on any atom is -0.120 e. The Kier molecular flexibility index (Phi) is 5.97. The van der Waals surface area contributed by atoms with Crippen molar-refractivity contribution in [3.63, 3.8) is 0 Å². The van der Waals surface area contributed by atoms with Gasteiger partial charge in [0.2, 0.25) is 0 Å². The Morgan fingerprint density at radius 1 is 1.18 bits per heavy atom. The molecule has 0 N–H and O–H groups in total. The molecule has 1 atom stereocenters. The average molecular weight is 310 g/mol. The molecule has 0 aromatic heterocycles. The molecule has 92 valence electrons. The van der Waals surface area contributed by atoms with Gasteiger partial charge < -0.3 is 0 Å². The van der Waals surface area contributed by atoms with Crippen LogP contribution in [-0.2, 0) is 0 Å². The Labute approximate surface area is 122 Å². The van der Waals surface area contributed by atoms with E-state index < -0.39 is 0 Å². The van der Waals surface area contributed by atoms with Gasteiger partial charge in [0.25, 0.3) is 0 Å². The molecule has 0 fully saturated rings. The molecule has 0 bridgehead atoms. The number of terminal acetylenes is 1. The molecular weight excluding hydrogens is 298 g/mol. The van der Waals surface area contributed by atoms with Crippen molar-refractivity contribution in [3.05, 3.63) is 31.7 Å². The van der Waals surface area contributed by atoms with E-state index in [4.69, 9.17) is 52.8 Å². The van der Waals surface area contributed by atoms with E-state index in [1.165, 1.54) is 0 Å². The van der Waals surface area contributed by atoms with Gasteiger partial charge in [-0.05, 0) is 24.0 Å². The maximum absolute atomic E-state index is 6.19. The van der Waals surface area contributed by atoms with Gasteiger partial charge >= 0.3 is 0 Å². The van der Waals surface area contributed by atoms with Crippen LogP contribution in [0.5, 0.6) is 0 Å².